The molecule has 9 heteroatoms. The molecular formula is C21H22N2O5S2. The first-order chi connectivity index (χ1) is 14.4. The molecular weight excluding hydrogens is 424 g/mol. The zero-order valence-corrected chi connectivity index (χ0v) is 18.1. The van der Waals surface area contributed by atoms with Gasteiger partial charge in [0.05, 0.1) is 34.9 Å². The number of ether oxygens (including phenoxy) is 2. The summed E-state index contributed by atoms with van der Waals surface area (Å²) < 4.78 is 35.9. The molecule has 30 heavy (non-hydrogen) atoms. The molecule has 3 aromatic rings. The second kappa shape index (κ2) is 8.69. The van der Waals surface area contributed by atoms with Crippen LogP contribution in [0.5, 0.6) is 5.75 Å². The molecule has 0 aliphatic carbocycles. The molecule has 0 amide bonds. The summed E-state index contributed by atoms with van der Waals surface area (Å²) in [5, 5.41) is 0.663. The number of fused-ring (bicyclic) bond motifs is 1. The molecule has 1 aromatic heterocycles. The normalized spacial score (nSPS) is 17.8. The predicted molar refractivity (Wildman–Crippen MR) is 116 cm³/mol. The summed E-state index contributed by atoms with van der Waals surface area (Å²) in [6, 6.07) is 15.5. The zero-order chi connectivity index (χ0) is 21.1. The number of sulfone groups is 1. The van der Waals surface area contributed by atoms with Crippen molar-refractivity contribution in [2.75, 3.05) is 23.9 Å². The van der Waals surface area contributed by atoms with Crippen molar-refractivity contribution in [3.63, 3.8) is 0 Å². The van der Waals surface area contributed by atoms with Gasteiger partial charge in [-0.15, -0.1) is 0 Å². The Morgan fingerprint density at radius 1 is 1.20 bits per heavy atom. The first-order valence-corrected chi connectivity index (χ1v) is 12.5. The van der Waals surface area contributed by atoms with E-state index in [-0.39, 0.29) is 17.3 Å². The summed E-state index contributed by atoms with van der Waals surface area (Å²) in [6.07, 6.45) is -0.184. The monoisotopic (exact) mass is 446 g/mol. The smallest absolute Gasteiger partial charge is 0.316 e. The van der Waals surface area contributed by atoms with Crippen molar-refractivity contribution in [3.8, 4) is 11.4 Å². The van der Waals surface area contributed by atoms with Crippen LogP contribution in [-0.2, 0) is 19.4 Å². The molecule has 1 unspecified atom stereocenters. The first-order valence-electron chi connectivity index (χ1n) is 9.68. The van der Waals surface area contributed by atoms with Crippen LogP contribution in [0.25, 0.3) is 16.7 Å². The number of carbonyl (C=O) groups is 1. The van der Waals surface area contributed by atoms with Gasteiger partial charge in [0, 0.05) is 5.69 Å². The van der Waals surface area contributed by atoms with Crippen molar-refractivity contribution in [1.29, 1.82) is 0 Å². The minimum atomic E-state index is -3.09. The van der Waals surface area contributed by atoms with Gasteiger partial charge in [-0.1, -0.05) is 23.9 Å². The highest BCUT2D eigenvalue weighted by Gasteiger charge is 2.30. The van der Waals surface area contributed by atoms with Crippen molar-refractivity contribution in [3.05, 3.63) is 48.5 Å². The van der Waals surface area contributed by atoms with Crippen LogP contribution < -0.4 is 4.74 Å². The highest BCUT2D eigenvalue weighted by Crippen LogP contribution is 2.29. The lowest BCUT2D eigenvalue weighted by Gasteiger charge is -2.12. The van der Waals surface area contributed by atoms with E-state index in [0.717, 1.165) is 22.5 Å². The van der Waals surface area contributed by atoms with Crippen LogP contribution >= 0.6 is 11.8 Å². The Hall–Kier alpha value is -2.52. The molecule has 1 atom stereocenters. The molecule has 1 saturated heterocycles. The number of para-hydroxylation sites is 2. The van der Waals surface area contributed by atoms with Gasteiger partial charge in [-0.2, -0.15) is 0 Å². The van der Waals surface area contributed by atoms with Gasteiger partial charge in [-0.25, -0.2) is 13.4 Å². The number of rotatable bonds is 7. The van der Waals surface area contributed by atoms with Gasteiger partial charge in [0.15, 0.2) is 15.0 Å². The minimum Gasteiger partial charge on any atom is -0.494 e. The van der Waals surface area contributed by atoms with E-state index in [1.807, 2.05) is 60.0 Å². The van der Waals surface area contributed by atoms with Gasteiger partial charge in [0.1, 0.15) is 11.9 Å². The maximum Gasteiger partial charge on any atom is 0.316 e. The summed E-state index contributed by atoms with van der Waals surface area (Å²) in [7, 11) is -3.09. The van der Waals surface area contributed by atoms with Crippen LogP contribution in [0.1, 0.15) is 13.3 Å². The molecule has 0 radical (unpaired) electrons. The summed E-state index contributed by atoms with van der Waals surface area (Å²) in [6.45, 7) is 2.53. The van der Waals surface area contributed by atoms with Crippen LogP contribution in [0.15, 0.2) is 53.7 Å². The van der Waals surface area contributed by atoms with Crippen molar-refractivity contribution in [1.82, 2.24) is 9.55 Å². The number of thioether (sulfide) groups is 1. The molecule has 0 saturated carbocycles. The van der Waals surface area contributed by atoms with Crippen LogP contribution in [0, 0.1) is 0 Å². The first kappa shape index (κ1) is 20.7. The average molecular weight is 447 g/mol. The fourth-order valence-corrected chi connectivity index (χ4v) is 5.81. The highest BCUT2D eigenvalue weighted by molar-refractivity contribution is 7.99. The number of benzene rings is 2. The second-order valence-corrected chi connectivity index (χ2v) is 10.1. The Bertz CT molecular complexity index is 1160. The minimum absolute atomic E-state index is 0.0525. The summed E-state index contributed by atoms with van der Waals surface area (Å²) in [4.78, 5) is 16.9. The summed E-state index contributed by atoms with van der Waals surface area (Å²) in [5.74, 6) is 0.388. The SMILES string of the molecule is CCOc1ccc(-n2c(SCC(=O)OC3CCS(=O)(=O)C3)nc3ccccc32)cc1. The third-order valence-corrected chi connectivity index (χ3v) is 7.39. The van der Waals surface area contributed by atoms with Gasteiger partial charge in [0.25, 0.3) is 0 Å². The molecule has 1 aliphatic rings. The van der Waals surface area contributed by atoms with Gasteiger partial charge in [-0.3, -0.25) is 9.36 Å². The zero-order valence-electron chi connectivity index (χ0n) is 16.5. The van der Waals surface area contributed by atoms with E-state index in [1.165, 1.54) is 11.8 Å². The van der Waals surface area contributed by atoms with E-state index in [2.05, 4.69) is 4.98 Å². The molecule has 7 nitrogen and oxygen atoms in total. The van der Waals surface area contributed by atoms with E-state index >= 15 is 0 Å². The molecule has 4 rings (SSSR count). The lowest BCUT2D eigenvalue weighted by Crippen LogP contribution is -2.20. The van der Waals surface area contributed by atoms with E-state index in [1.54, 1.807) is 0 Å². The van der Waals surface area contributed by atoms with E-state index in [9.17, 15) is 13.2 Å². The maximum atomic E-state index is 12.3. The fourth-order valence-electron chi connectivity index (χ4n) is 3.41. The largest absolute Gasteiger partial charge is 0.494 e. The quantitative estimate of drug-likeness (QED) is 0.407. The Kier molecular flexibility index (Phi) is 6.01. The number of hydrogen-bond donors (Lipinski definition) is 0. The topological polar surface area (TPSA) is 87.5 Å². The average Bonchev–Trinajstić information content (AvgIpc) is 3.26. The van der Waals surface area contributed by atoms with Gasteiger partial charge >= 0.3 is 5.97 Å². The standard InChI is InChI=1S/C21H22N2O5S2/c1-2-27-16-9-7-15(8-10-16)23-19-6-4-3-5-18(19)22-21(23)29-13-20(24)28-17-11-12-30(25,26)14-17/h3-10,17H,2,11-14H2,1H3. The van der Waals surface area contributed by atoms with Crippen molar-refractivity contribution >= 4 is 38.6 Å². The van der Waals surface area contributed by atoms with E-state index in [0.29, 0.717) is 18.2 Å². The summed E-state index contributed by atoms with van der Waals surface area (Å²) in [5.41, 5.74) is 2.66. The van der Waals surface area contributed by atoms with Crippen molar-refractivity contribution in [2.24, 2.45) is 0 Å². The molecule has 1 aliphatic heterocycles. The molecule has 158 valence electrons. The van der Waals surface area contributed by atoms with Crippen LogP contribution in [0.2, 0.25) is 0 Å². The molecule has 2 heterocycles. The maximum absolute atomic E-state index is 12.3. The number of imidazole rings is 1. The number of carbonyl (C=O) groups excluding carboxylic acids is 1. The van der Waals surface area contributed by atoms with Crippen molar-refractivity contribution in [2.45, 2.75) is 24.6 Å². The summed E-state index contributed by atoms with van der Waals surface area (Å²) >= 11 is 1.27. The molecule has 0 spiro atoms. The van der Waals surface area contributed by atoms with E-state index in [4.69, 9.17) is 9.47 Å². The van der Waals surface area contributed by atoms with Gasteiger partial charge < -0.3 is 9.47 Å². The lowest BCUT2D eigenvalue weighted by atomic mass is 10.2. The highest BCUT2D eigenvalue weighted by atomic mass is 32.2. The third kappa shape index (κ3) is 4.62. The number of aromatic nitrogens is 2. The second-order valence-electron chi connectivity index (χ2n) is 6.95. The predicted octanol–water partition coefficient (Wildman–Crippen LogP) is 3.25. The van der Waals surface area contributed by atoms with Gasteiger partial charge in [0.2, 0.25) is 0 Å². The Balaban J connectivity index is 1.53. The fraction of sp³-hybridized carbons (Fsp3) is 0.333. The lowest BCUT2D eigenvalue weighted by molar-refractivity contribution is -0.144. The number of hydrogen-bond acceptors (Lipinski definition) is 7. The van der Waals surface area contributed by atoms with E-state index < -0.39 is 21.9 Å². The molecule has 0 N–H and O–H groups in total. The van der Waals surface area contributed by atoms with Gasteiger partial charge in [-0.05, 0) is 49.7 Å². The van der Waals surface area contributed by atoms with Crippen LogP contribution in [0.3, 0.4) is 0 Å². The Morgan fingerprint density at radius 2 is 1.97 bits per heavy atom. The third-order valence-electron chi connectivity index (χ3n) is 4.74. The number of esters is 1. The van der Waals surface area contributed by atoms with Crippen molar-refractivity contribution < 1.29 is 22.7 Å². The molecule has 0 bridgehead atoms. The Labute approximate surface area is 179 Å². The Morgan fingerprint density at radius 3 is 2.67 bits per heavy atom. The number of nitrogens with zero attached hydrogens (tertiary/aromatic N) is 2. The molecule has 2 aromatic carbocycles. The molecule has 1 fully saturated rings. The van der Waals surface area contributed by atoms with Crippen LogP contribution in [-0.4, -0.2) is 53.9 Å². The van der Waals surface area contributed by atoms with Crippen LogP contribution in [0.4, 0.5) is 0 Å².